The van der Waals surface area contributed by atoms with Crippen LogP contribution in [0.2, 0.25) is 0 Å². The second kappa shape index (κ2) is 6.28. The predicted octanol–water partition coefficient (Wildman–Crippen LogP) is 2.37. The molecule has 0 radical (unpaired) electrons. The number of piperidine rings is 1. The standard InChI is InChI=1S/C16H28N4O/c1-15(2,3)17-11-13-7-8-14(19-18-13)20-10-6-9-16(4,12-20)21-5/h7-8,17H,6,9-12H2,1-5H3. The van der Waals surface area contributed by atoms with E-state index in [9.17, 15) is 0 Å². The molecule has 1 aromatic heterocycles. The Bertz CT molecular complexity index is 454. The summed E-state index contributed by atoms with van der Waals surface area (Å²) < 4.78 is 5.63. The Morgan fingerprint density at radius 3 is 2.67 bits per heavy atom. The van der Waals surface area contributed by atoms with Crippen LogP contribution < -0.4 is 10.2 Å². The Labute approximate surface area is 128 Å². The van der Waals surface area contributed by atoms with E-state index in [-0.39, 0.29) is 11.1 Å². The van der Waals surface area contributed by atoms with Crippen molar-refractivity contribution in [3.05, 3.63) is 17.8 Å². The van der Waals surface area contributed by atoms with Crippen LogP contribution in [0.5, 0.6) is 0 Å². The van der Waals surface area contributed by atoms with Crippen LogP contribution in [0.25, 0.3) is 0 Å². The number of aromatic nitrogens is 2. The third kappa shape index (κ3) is 4.64. The molecule has 2 heterocycles. The van der Waals surface area contributed by atoms with Gasteiger partial charge in [-0.1, -0.05) is 0 Å². The Balaban J connectivity index is 1.98. The quantitative estimate of drug-likeness (QED) is 0.923. The molecule has 0 saturated carbocycles. The fourth-order valence-electron chi connectivity index (χ4n) is 2.54. The van der Waals surface area contributed by atoms with Crippen molar-refractivity contribution in [2.45, 2.75) is 58.2 Å². The molecular formula is C16H28N4O. The van der Waals surface area contributed by atoms with Gasteiger partial charge in [-0.15, -0.1) is 5.10 Å². The van der Waals surface area contributed by atoms with E-state index in [0.717, 1.165) is 44.0 Å². The summed E-state index contributed by atoms with van der Waals surface area (Å²) in [5.41, 5.74) is 0.986. The number of hydrogen-bond donors (Lipinski definition) is 1. The van der Waals surface area contributed by atoms with Crippen LogP contribution in [0.3, 0.4) is 0 Å². The summed E-state index contributed by atoms with van der Waals surface area (Å²) in [6.45, 7) is 11.2. The topological polar surface area (TPSA) is 50.3 Å². The Hall–Kier alpha value is -1.20. The third-order valence-electron chi connectivity index (χ3n) is 3.98. The number of anilines is 1. The summed E-state index contributed by atoms with van der Waals surface area (Å²) in [5.74, 6) is 0.942. The molecule has 0 spiro atoms. The van der Waals surface area contributed by atoms with E-state index in [2.05, 4.69) is 60.2 Å². The van der Waals surface area contributed by atoms with E-state index in [1.165, 1.54) is 0 Å². The lowest BCUT2D eigenvalue weighted by Gasteiger charge is -2.39. The summed E-state index contributed by atoms with van der Waals surface area (Å²) >= 11 is 0. The zero-order valence-corrected chi connectivity index (χ0v) is 13.9. The number of methoxy groups -OCH3 is 1. The number of nitrogens with one attached hydrogen (secondary N) is 1. The lowest BCUT2D eigenvalue weighted by Crippen LogP contribution is -2.47. The maximum Gasteiger partial charge on any atom is 0.151 e. The van der Waals surface area contributed by atoms with Gasteiger partial charge in [-0.05, 0) is 52.7 Å². The Morgan fingerprint density at radius 1 is 1.33 bits per heavy atom. The van der Waals surface area contributed by atoms with Gasteiger partial charge in [-0.25, -0.2) is 0 Å². The molecule has 21 heavy (non-hydrogen) atoms. The van der Waals surface area contributed by atoms with E-state index in [4.69, 9.17) is 4.74 Å². The van der Waals surface area contributed by atoms with Crippen LogP contribution in [0.4, 0.5) is 5.82 Å². The highest BCUT2D eigenvalue weighted by Gasteiger charge is 2.31. The minimum Gasteiger partial charge on any atom is -0.377 e. The van der Waals surface area contributed by atoms with Gasteiger partial charge in [0.25, 0.3) is 0 Å². The largest absolute Gasteiger partial charge is 0.377 e. The first kappa shape index (κ1) is 16.2. The molecule has 1 atom stereocenters. The molecule has 0 aromatic carbocycles. The summed E-state index contributed by atoms with van der Waals surface area (Å²) in [6.07, 6.45) is 2.22. The molecule has 5 nitrogen and oxygen atoms in total. The first-order valence-corrected chi connectivity index (χ1v) is 7.69. The normalized spacial score (nSPS) is 23.4. The van der Waals surface area contributed by atoms with E-state index >= 15 is 0 Å². The highest BCUT2D eigenvalue weighted by Crippen LogP contribution is 2.26. The molecule has 1 unspecified atom stereocenters. The summed E-state index contributed by atoms with van der Waals surface area (Å²) in [4.78, 5) is 2.26. The average Bonchev–Trinajstić information content (AvgIpc) is 2.45. The van der Waals surface area contributed by atoms with Gasteiger partial charge in [-0.2, -0.15) is 5.10 Å². The van der Waals surface area contributed by atoms with Gasteiger partial charge in [0.1, 0.15) is 0 Å². The molecule has 118 valence electrons. The van der Waals surface area contributed by atoms with E-state index in [1.54, 1.807) is 7.11 Å². The van der Waals surface area contributed by atoms with Gasteiger partial charge in [0.05, 0.1) is 11.3 Å². The molecule has 1 saturated heterocycles. The van der Waals surface area contributed by atoms with Crippen molar-refractivity contribution >= 4 is 5.82 Å². The van der Waals surface area contributed by atoms with Crippen LogP contribution in [-0.4, -0.2) is 41.5 Å². The van der Waals surface area contributed by atoms with E-state index in [0.29, 0.717) is 0 Å². The first-order valence-electron chi connectivity index (χ1n) is 7.69. The fraction of sp³-hybridized carbons (Fsp3) is 0.750. The average molecular weight is 292 g/mol. The zero-order chi connectivity index (χ0) is 15.5. The van der Waals surface area contributed by atoms with Crippen molar-refractivity contribution in [2.75, 3.05) is 25.1 Å². The molecule has 0 bridgehead atoms. The lowest BCUT2D eigenvalue weighted by atomic mass is 9.95. The van der Waals surface area contributed by atoms with Crippen LogP contribution in [0.1, 0.15) is 46.2 Å². The van der Waals surface area contributed by atoms with Crippen LogP contribution >= 0.6 is 0 Å². The van der Waals surface area contributed by atoms with Gasteiger partial charge in [0.2, 0.25) is 0 Å². The van der Waals surface area contributed by atoms with Crippen molar-refractivity contribution < 1.29 is 4.74 Å². The van der Waals surface area contributed by atoms with Crippen LogP contribution in [-0.2, 0) is 11.3 Å². The zero-order valence-electron chi connectivity index (χ0n) is 13.9. The summed E-state index contributed by atoms with van der Waals surface area (Å²) in [7, 11) is 1.79. The Morgan fingerprint density at radius 2 is 2.10 bits per heavy atom. The highest BCUT2D eigenvalue weighted by molar-refractivity contribution is 5.38. The predicted molar refractivity (Wildman–Crippen MR) is 85.5 cm³/mol. The van der Waals surface area contributed by atoms with Gasteiger partial charge < -0.3 is 15.0 Å². The summed E-state index contributed by atoms with van der Waals surface area (Å²) in [5, 5.41) is 12.1. The number of ether oxygens (including phenoxy) is 1. The van der Waals surface area contributed by atoms with Crippen LogP contribution in [0, 0.1) is 0 Å². The van der Waals surface area contributed by atoms with Crippen molar-refractivity contribution in [1.82, 2.24) is 15.5 Å². The smallest absolute Gasteiger partial charge is 0.151 e. The number of rotatable bonds is 4. The van der Waals surface area contributed by atoms with E-state index in [1.807, 2.05) is 0 Å². The van der Waals surface area contributed by atoms with E-state index < -0.39 is 0 Å². The van der Waals surface area contributed by atoms with Gasteiger partial charge in [0, 0.05) is 32.3 Å². The molecule has 1 fully saturated rings. The molecule has 0 aliphatic carbocycles. The first-order chi connectivity index (χ1) is 9.81. The van der Waals surface area contributed by atoms with Crippen molar-refractivity contribution in [2.24, 2.45) is 0 Å². The highest BCUT2D eigenvalue weighted by atomic mass is 16.5. The molecule has 1 N–H and O–H groups in total. The monoisotopic (exact) mass is 292 g/mol. The maximum absolute atomic E-state index is 5.63. The molecule has 0 amide bonds. The number of hydrogen-bond acceptors (Lipinski definition) is 5. The summed E-state index contributed by atoms with van der Waals surface area (Å²) in [6, 6.07) is 4.12. The van der Waals surface area contributed by atoms with Gasteiger partial charge >= 0.3 is 0 Å². The minimum atomic E-state index is -0.0770. The van der Waals surface area contributed by atoms with Gasteiger partial charge in [0.15, 0.2) is 5.82 Å². The Kier molecular flexibility index (Phi) is 4.84. The molecule has 1 aliphatic rings. The maximum atomic E-state index is 5.63. The van der Waals surface area contributed by atoms with Crippen LogP contribution in [0.15, 0.2) is 12.1 Å². The second-order valence-electron chi connectivity index (χ2n) is 7.17. The molecule has 1 aliphatic heterocycles. The third-order valence-corrected chi connectivity index (χ3v) is 3.98. The fourth-order valence-corrected chi connectivity index (χ4v) is 2.54. The van der Waals surface area contributed by atoms with Crippen molar-refractivity contribution in [3.63, 3.8) is 0 Å². The number of nitrogens with zero attached hydrogens (tertiary/aromatic N) is 3. The van der Waals surface area contributed by atoms with Crippen molar-refractivity contribution in [3.8, 4) is 0 Å². The lowest BCUT2D eigenvalue weighted by molar-refractivity contribution is -0.00484. The minimum absolute atomic E-state index is 0.0770. The molecule has 1 aromatic rings. The molecule has 2 rings (SSSR count). The molecular weight excluding hydrogens is 264 g/mol. The van der Waals surface area contributed by atoms with Gasteiger partial charge in [-0.3, -0.25) is 0 Å². The van der Waals surface area contributed by atoms with Crippen molar-refractivity contribution in [1.29, 1.82) is 0 Å². The SMILES string of the molecule is COC1(C)CCCN(c2ccc(CNC(C)(C)C)nn2)C1. The second-order valence-corrected chi connectivity index (χ2v) is 7.17. The molecule has 5 heteroatoms.